The van der Waals surface area contributed by atoms with Crippen molar-refractivity contribution >= 4 is 80.0 Å². The number of rotatable bonds is 12. The third-order valence-corrected chi connectivity index (χ3v) is 17.4. The molecule has 6 heterocycles. The van der Waals surface area contributed by atoms with Gasteiger partial charge in [-0.15, -0.1) is 22.7 Å². The van der Waals surface area contributed by atoms with E-state index in [1.807, 2.05) is 0 Å². The topological polar surface area (TPSA) is 63.6 Å². The molecule has 53 heavy (non-hydrogen) atoms. The van der Waals surface area contributed by atoms with Gasteiger partial charge in [0.15, 0.2) is 0 Å². The molecule has 0 aromatic carbocycles. The Bertz CT molecular complexity index is 2310. The third-order valence-electron chi connectivity index (χ3n) is 12.2. The molecule has 8 atom stereocenters. The van der Waals surface area contributed by atoms with Crippen molar-refractivity contribution < 1.29 is 19.4 Å². The zero-order valence-electron chi connectivity index (χ0n) is 28.6. The molecule has 4 bridgehead atoms. The van der Waals surface area contributed by atoms with Gasteiger partial charge in [-0.1, -0.05) is 24.3 Å². The molecular weight excluding hydrogens is 773 g/mol. The van der Waals surface area contributed by atoms with E-state index in [2.05, 4.69) is 104 Å². The number of carbonyl (C=O) groups is 2. The van der Waals surface area contributed by atoms with Crippen molar-refractivity contribution in [1.29, 1.82) is 0 Å². The number of aliphatic carboxylic acids is 1. The fourth-order valence-corrected chi connectivity index (χ4v) is 15.1. The lowest BCUT2D eigenvalue weighted by atomic mass is 9.57. The first kappa shape index (κ1) is 34.1. The predicted octanol–water partition coefficient (Wildman–Crippen LogP) is 12.8. The second-order valence-electron chi connectivity index (χ2n) is 15.0. The Hall–Kier alpha value is -3.38. The van der Waals surface area contributed by atoms with Crippen LogP contribution in [0.2, 0.25) is 0 Å². The number of carboxylic acids is 1. The van der Waals surface area contributed by atoms with Gasteiger partial charge in [-0.05, 0) is 152 Å². The zero-order valence-corrected chi connectivity index (χ0v) is 33.5. The second kappa shape index (κ2) is 13.7. The summed E-state index contributed by atoms with van der Waals surface area (Å²) < 4.78 is 6.56. The van der Waals surface area contributed by atoms with Crippen molar-refractivity contribution in [3.05, 3.63) is 115 Å². The molecular formula is C43H36O4S6. The van der Waals surface area contributed by atoms with E-state index in [-0.39, 0.29) is 17.8 Å². The quantitative estimate of drug-likeness (QED) is 0.0988. The van der Waals surface area contributed by atoms with Crippen LogP contribution < -0.4 is 0 Å². The van der Waals surface area contributed by atoms with Crippen molar-refractivity contribution in [3.63, 3.8) is 0 Å². The number of esters is 1. The van der Waals surface area contributed by atoms with Crippen LogP contribution in [0.15, 0.2) is 104 Å². The van der Waals surface area contributed by atoms with Gasteiger partial charge in [0.1, 0.15) is 11.3 Å². The van der Waals surface area contributed by atoms with E-state index in [1.54, 1.807) is 68.0 Å². The van der Waals surface area contributed by atoms with Crippen LogP contribution in [0.25, 0.3) is 41.8 Å². The third kappa shape index (κ3) is 5.75. The van der Waals surface area contributed by atoms with Crippen LogP contribution in [0.1, 0.15) is 42.7 Å². The van der Waals surface area contributed by atoms with Gasteiger partial charge >= 0.3 is 11.9 Å². The molecule has 4 nitrogen and oxygen atoms in total. The number of fused-ring (bicyclic) bond motifs is 4. The summed E-state index contributed by atoms with van der Waals surface area (Å²) in [6, 6.07) is 12.7. The number of allylic oxidation sites excluding steroid dienone is 4. The number of thiophene rings is 6. The molecule has 6 aromatic rings. The van der Waals surface area contributed by atoms with Gasteiger partial charge in [-0.2, -0.15) is 45.3 Å². The van der Waals surface area contributed by atoms with Crippen molar-refractivity contribution in [2.45, 2.75) is 37.0 Å². The van der Waals surface area contributed by atoms with Gasteiger partial charge in [-0.25, -0.2) is 0 Å². The number of hydrogen-bond acceptors (Lipinski definition) is 9. The number of hydrogen-bond donors (Lipinski definition) is 1. The van der Waals surface area contributed by atoms with E-state index >= 15 is 4.79 Å². The van der Waals surface area contributed by atoms with E-state index in [1.165, 1.54) is 0 Å². The smallest absolute Gasteiger partial charge is 0.315 e. The van der Waals surface area contributed by atoms with Crippen LogP contribution in [0.3, 0.4) is 0 Å². The Kier molecular flexibility index (Phi) is 8.84. The molecule has 0 radical (unpaired) electrons. The molecule has 4 aliphatic carbocycles. The molecule has 6 aromatic heterocycles. The van der Waals surface area contributed by atoms with Gasteiger partial charge in [0, 0.05) is 41.8 Å². The van der Waals surface area contributed by atoms with Crippen molar-refractivity contribution in [1.82, 2.24) is 0 Å². The molecule has 10 rings (SSSR count). The highest BCUT2D eigenvalue weighted by atomic mass is 32.1. The molecule has 0 saturated heterocycles. The highest BCUT2D eigenvalue weighted by Crippen LogP contribution is 2.62. The molecule has 268 valence electrons. The summed E-state index contributed by atoms with van der Waals surface area (Å²) in [4.78, 5) is 34.5. The lowest BCUT2D eigenvalue weighted by Gasteiger charge is -2.44. The zero-order chi connectivity index (χ0) is 35.7. The van der Waals surface area contributed by atoms with Crippen LogP contribution >= 0.6 is 68.0 Å². The summed E-state index contributed by atoms with van der Waals surface area (Å²) in [5.74, 6) is -1.20. The predicted molar refractivity (Wildman–Crippen MR) is 223 cm³/mol. The van der Waals surface area contributed by atoms with Crippen LogP contribution in [0, 0.1) is 35.5 Å². The monoisotopic (exact) mass is 808 g/mol. The first-order valence-corrected chi connectivity index (χ1v) is 23.5. The Morgan fingerprint density at radius 1 is 0.698 bits per heavy atom. The number of ether oxygens (including phenoxy) is 1. The lowest BCUT2D eigenvalue weighted by Crippen LogP contribution is -2.52. The highest BCUT2D eigenvalue weighted by Gasteiger charge is 2.63. The van der Waals surface area contributed by atoms with Gasteiger partial charge in [-0.3, -0.25) is 9.59 Å². The van der Waals surface area contributed by atoms with E-state index < -0.39 is 23.3 Å². The SMILES string of the molecule is O=C(OCC1CC2C=CC1C2)C(c1cc(-c2ccsc2)sc1-c1ccsc1)C(C(=O)O)(c1cc(-c2ccsc2)sc1-c1ccsc1)C1CC2C=CC1C2. The van der Waals surface area contributed by atoms with Gasteiger partial charge in [0.05, 0.1) is 6.61 Å². The Morgan fingerprint density at radius 3 is 1.79 bits per heavy atom. The maximum Gasteiger partial charge on any atom is 0.315 e. The molecule has 1 N–H and O–H groups in total. The molecule has 10 heteroatoms. The van der Waals surface area contributed by atoms with E-state index in [4.69, 9.17) is 4.74 Å². The summed E-state index contributed by atoms with van der Waals surface area (Å²) >= 11 is 9.81. The summed E-state index contributed by atoms with van der Waals surface area (Å²) in [6.45, 7) is 0.309. The lowest BCUT2D eigenvalue weighted by molar-refractivity contribution is -0.160. The molecule has 8 unspecified atom stereocenters. The molecule has 4 aliphatic rings. The van der Waals surface area contributed by atoms with Gasteiger partial charge in [0.2, 0.25) is 0 Å². The molecule has 2 fully saturated rings. The van der Waals surface area contributed by atoms with Crippen LogP contribution in [-0.2, 0) is 19.7 Å². The summed E-state index contributed by atoms with van der Waals surface area (Å²) in [6.07, 6.45) is 12.9. The number of carboxylic acid groups (broad SMARTS) is 1. The van der Waals surface area contributed by atoms with Gasteiger partial charge < -0.3 is 9.84 Å². The molecule has 2 saturated carbocycles. The first-order chi connectivity index (χ1) is 26.0. The van der Waals surface area contributed by atoms with Crippen molar-refractivity contribution in [2.75, 3.05) is 6.61 Å². The minimum absolute atomic E-state index is 0.0431. The minimum atomic E-state index is -1.60. The standard InChI is InChI=1S/C43H36O4S6/c44-41(47-19-32-15-24-1-3-26(32)13-24)38(33-17-36(28-5-9-48-20-28)52-39(33)30-7-11-50-22-30)43(42(45)46,34-16-25-2-4-27(34)14-25)35-18-37(29-6-10-49-21-29)53-40(35)31-8-12-51-23-31/h1-12,17-18,20-27,32,34,38H,13-16,19H2,(H,45,46). The number of carbonyl (C=O) groups excluding carboxylic acids is 1. The largest absolute Gasteiger partial charge is 0.481 e. The maximum absolute atomic E-state index is 15.5. The Morgan fingerprint density at radius 2 is 1.26 bits per heavy atom. The average molecular weight is 809 g/mol. The summed E-state index contributed by atoms with van der Waals surface area (Å²) in [7, 11) is 0. The fourth-order valence-electron chi connectivity index (χ4n) is 9.83. The normalized spacial score (nSPS) is 25.7. The highest BCUT2D eigenvalue weighted by molar-refractivity contribution is 7.20. The van der Waals surface area contributed by atoms with E-state index in [9.17, 15) is 9.90 Å². The molecule has 0 amide bonds. The van der Waals surface area contributed by atoms with E-state index in [0.717, 1.165) is 78.6 Å². The van der Waals surface area contributed by atoms with Crippen LogP contribution in [0.5, 0.6) is 0 Å². The van der Waals surface area contributed by atoms with Gasteiger partial charge in [0.25, 0.3) is 0 Å². The van der Waals surface area contributed by atoms with E-state index in [0.29, 0.717) is 24.4 Å². The molecule has 0 spiro atoms. The maximum atomic E-state index is 15.5. The second-order valence-corrected chi connectivity index (χ2v) is 20.2. The summed E-state index contributed by atoms with van der Waals surface area (Å²) in [5, 5.41) is 29.0. The minimum Gasteiger partial charge on any atom is -0.481 e. The van der Waals surface area contributed by atoms with Crippen LogP contribution in [-0.4, -0.2) is 23.7 Å². The average Bonchev–Trinajstić information content (AvgIpc) is 4.03. The Labute approximate surface area is 332 Å². The van der Waals surface area contributed by atoms with Crippen LogP contribution in [0.4, 0.5) is 0 Å². The first-order valence-electron chi connectivity index (χ1n) is 18.1. The van der Waals surface area contributed by atoms with Crippen molar-refractivity contribution in [2.24, 2.45) is 35.5 Å². The Balaban J connectivity index is 1.23. The molecule has 0 aliphatic heterocycles. The van der Waals surface area contributed by atoms with Crippen molar-refractivity contribution in [3.8, 4) is 41.8 Å². The summed E-state index contributed by atoms with van der Waals surface area (Å²) in [5.41, 5.74) is 4.08. The fraction of sp³-hybridized carbons (Fsp3) is 0.302.